The molecule has 4 aromatic rings. The highest BCUT2D eigenvalue weighted by Crippen LogP contribution is 2.33. The van der Waals surface area contributed by atoms with Gasteiger partial charge in [0.15, 0.2) is 10.9 Å². The summed E-state index contributed by atoms with van der Waals surface area (Å²) >= 11 is 1.62. The molecule has 3 heterocycles. The molecule has 0 saturated carbocycles. The Morgan fingerprint density at radius 1 is 1.10 bits per heavy atom. The van der Waals surface area contributed by atoms with Crippen LogP contribution in [0, 0.1) is 17.2 Å². The van der Waals surface area contributed by atoms with Crippen molar-refractivity contribution in [1.29, 1.82) is 5.26 Å². The van der Waals surface area contributed by atoms with Crippen LogP contribution in [-0.2, 0) is 0 Å². The first kappa shape index (κ1) is 18.3. The second-order valence-electron chi connectivity index (χ2n) is 6.98. The molecule has 30 heavy (non-hydrogen) atoms. The van der Waals surface area contributed by atoms with Crippen molar-refractivity contribution >= 4 is 38.2 Å². The average molecular weight is 414 g/mol. The van der Waals surface area contributed by atoms with Gasteiger partial charge in [0.05, 0.1) is 22.2 Å². The minimum Gasteiger partial charge on any atom is -0.436 e. The van der Waals surface area contributed by atoms with Gasteiger partial charge < -0.3 is 15.0 Å². The van der Waals surface area contributed by atoms with Crippen LogP contribution < -0.4 is 15.0 Å². The summed E-state index contributed by atoms with van der Waals surface area (Å²) in [6.45, 7) is 1.43. The van der Waals surface area contributed by atoms with Crippen molar-refractivity contribution in [3.8, 4) is 17.7 Å². The molecule has 148 valence electrons. The van der Waals surface area contributed by atoms with E-state index in [0.29, 0.717) is 24.0 Å². The Kier molecular flexibility index (Phi) is 4.87. The van der Waals surface area contributed by atoms with Crippen molar-refractivity contribution in [2.75, 3.05) is 23.3 Å². The average Bonchev–Trinajstić information content (AvgIpc) is 3.42. The molecule has 1 saturated heterocycles. The molecule has 1 N–H and O–H groups in total. The predicted molar refractivity (Wildman–Crippen MR) is 117 cm³/mol. The van der Waals surface area contributed by atoms with E-state index in [1.54, 1.807) is 23.7 Å². The summed E-state index contributed by atoms with van der Waals surface area (Å²) in [4.78, 5) is 15.4. The van der Waals surface area contributed by atoms with E-state index in [1.165, 1.54) is 0 Å². The van der Waals surface area contributed by atoms with E-state index >= 15 is 0 Å². The summed E-state index contributed by atoms with van der Waals surface area (Å²) in [5.41, 5.74) is 1.91. The molecule has 7 nitrogen and oxygen atoms in total. The van der Waals surface area contributed by atoms with E-state index in [9.17, 15) is 0 Å². The monoisotopic (exact) mass is 414 g/mol. The van der Waals surface area contributed by atoms with E-state index in [0.717, 1.165) is 34.0 Å². The molecule has 1 atom stereocenters. The lowest BCUT2D eigenvalue weighted by atomic mass is 10.1. The predicted octanol–water partition coefficient (Wildman–Crippen LogP) is 4.97. The summed E-state index contributed by atoms with van der Waals surface area (Å²) in [6.07, 6.45) is 4.09. The number of rotatable bonds is 5. The molecule has 0 spiro atoms. The zero-order valence-electron chi connectivity index (χ0n) is 16.0. The zero-order chi connectivity index (χ0) is 20.3. The summed E-state index contributed by atoms with van der Waals surface area (Å²) in [5, 5.41) is 13.3. The number of fused-ring (bicyclic) bond motifs is 1. The minimum atomic E-state index is 0.0210. The number of hydrogen-bond acceptors (Lipinski definition) is 8. The second-order valence-corrected chi connectivity index (χ2v) is 8.01. The van der Waals surface area contributed by atoms with Gasteiger partial charge in [-0.3, -0.25) is 0 Å². The molecular weight excluding hydrogens is 396 g/mol. The van der Waals surface area contributed by atoms with Crippen LogP contribution in [0.2, 0.25) is 0 Å². The van der Waals surface area contributed by atoms with Crippen LogP contribution in [0.25, 0.3) is 10.2 Å². The number of thiazole rings is 1. The number of ether oxygens (including phenoxy) is 1. The van der Waals surface area contributed by atoms with Crippen molar-refractivity contribution in [2.24, 2.45) is 5.92 Å². The lowest BCUT2D eigenvalue weighted by Gasteiger charge is -2.18. The van der Waals surface area contributed by atoms with E-state index in [1.807, 2.05) is 42.5 Å². The molecule has 0 radical (unpaired) electrons. The van der Waals surface area contributed by atoms with Gasteiger partial charge in [0.1, 0.15) is 5.75 Å². The fourth-order valence-electron chi connectivity index (χ4n) is 3.43. The Balaban J connectivity index is 1.30. The van der Waals surface area contributed by atoms with Gasteiger partial charge in [-0.2, -0.15) is 5.26 Å². The smallest absolute Gasteiger partial charge is 0.263 e. The molecular formula is C22H18N6OS. The summed E-state index contributed by atoms with van der Waals surface area (Å²) in [7, 11) is 0. The van der Waals surface area contributed by atoms with Crippen LogP contribution in [0.3, 0.4) is 0 Å². The minimum absolute atomic E-state index is 0.0210. The van der Waals surface area contributed by atoms with Crippen LogP contribution in [0.5, 0.6) is 11.6 Å². The van der Waals surface area contributed by atoms with Crippen molar-refractivity contribution in [1.82, 2.24) is 15.0 Å². The first-order valence-corrected chi connectivity index (χ1v) is 10.5. The number of anilines is 3. The lowest BCUT2D eigenvalue weighted by Crippen LogP contribution is -2.21. The van der Waals surface area contributed by atoms with Crippen molar-refractivity contribution in [3.63, 3.8) is 0 Å². The number of aromatic nitrogens is 3. The van der Waals surface area contributed by atoms with Crippen LogP contribution in [0.4, 0.5) is 16.6 Å². The third-order valence-electron chi connectivity index (χ3n) is 4.93. The molecule has 0 aliphatic carbocycles. The fraction of sp³-hybridized carbons (Fsp3) is 0.182. The van der Waals surface area contributed by atoms with Gasteiger partial charge in [0.25, 0.3) is 5.88 Å². The molecule has 2 aromatic heterocycles. The largest absolute Gasteiger partial charge is 0.436 e. The third-order valence-corrected chi connectivity index (χ3v) is 5.88. The highest BCUT2D eigenvalue weighted by molar-refractivity contribution is 7.22. The standard InChI is InChI=1S/C22H18N6OS/c23-13-15-9-12-28(14-15)20-21(25-11-10-24-20)29-17-7-5-16(6-8-17)26-22-27-18-3-1-2-4-19(18)30-22/h1-8,10-11,15H,9,12,14H2,(H,26,27)/t15-/m0/s1. The zero-order valence-corrected chi connectivity index (χ0v) is 16.8. The van der Waals surface area contributed by atoms with Gasteiger partial charge in [-0.25, -0.2) is 15.0 Å². The first-order valence-electron chi connectivity index (χ1n) is 9.64. The maximum absolute atomic E-state index is 9.15. The fourth-order valence-corrected chi connectivity index (χ4v) is 4.32. The van der Waals surface area contributed by atoms with Crippen LogP contribution in [0.15, 0.2) is 60.9 Å². The molecule has 8 heteroatoms. The molecule has 0 bridgehead atoms. The summed E-state index contributed by atoms with van der Waals surface area (Å²) in [5.74, 6) is 1.81. The Labute approximate surface area is 177 Å². The maximum atomic E-state index is 9.15. The SMILES string of the molecule is N#C[C@@H]1CCN(c2nccnc2Oc2ccc(Nc3nc4ccccc4s3)cc2)C1. The van der Waals surface area contributed by atoms with Crippen molar-refractivity contribution in [2.45, 2.75) is 6.42 Å². The maximum Gasteiger partial charge on any atom is 0.263 e. The van der Waals surface area contributed by atoms with Gasteiger partial charge in [-0.1, -0.05) is 23.5 Å². The van der Waals surface area contributed by atoms with Crippen molar-refractivity contribution in [3.05, 3.63) is 60.9 Å². The van der Waals surface area contributed by atoms with E-state index in [-0.39, 0.29) is 5.92 Å². The van der Waals surface area contributed by atoms with Crippen LogP contribution in [-0.4, -0.2) is 28.0 Å². The number of nitrogens with zero attached hydrogens (tertiary/aromatic N) is 5. The normalized spacial score (nSPS) is 15.8. The number of nitriles is 1. The van der Waals surface area contributed by atoms with Crippen LogP contribution in [0.1, 0.15) is 6.42 Å². The summed E-state index contributed by atoms with van der Waals surface area (Å²) < 4.78 is 7.15. The molecule has 1 aliphatic rings. The molecule has 0 amide bonds. The van der Waals surface area contributed by atoms with Crippen molar-refractivity contribution < 1.29 is 4.74 Å². The van der Waals surface area contributed by atoms with Crippen LogP contribution >= 0.6 is 11.3 Å². The van der Waals surface area contributed by atoms with Gasteiger partial charge in [-0.05, 0) is 42.8 Å². The van der Waals surface area contributed by atoms with E-state index < -0.39 is 0 Å². The molecule has 1 fully saturated rings. The molecule has 1 aliphatic heterocycles. The Hall–Kier alpha value is -3.70. The number of hydrogen-bond donors (Lipinski definition) is 1. The Morgan fingerprint density at radius 2 is 1.93 bits per heavy atom. The number of para-hydroxylation sites is 1. The van der Waals surface area contributed by atoms with E-state index in [4.69, 9.17) is 10.00 Å². The topological polar surface area (TPSA) is 87.0 Å². The quantitative estimate of drug-likeness (QED) is 0.493. The number of benzene rings is 2. The van der Waals surface area contributed by atoms with Gasteiger partial charge >= 0.3 is 0 Å². The molecule has 2 aromatic carbocycles. The first-order chi connectivity index (χ1) is 14.8. The van der Waals surface area contributed by atoms with Gasteiger partial charge in [0, 0.05) is 31.2 Å². The van der Waals surface area contributed by atoms with Gasteiger partial charge in [-0.15, -0.1) is 0 Å². The summed E-state index contributed by atoms with van der Waals surface area (Å²) in [6, 6.07) is 18.1. The molecule has 5 rings (SSSR count). The highest BCUT2D eigenvalue weighted by atomic mass is 32.1. The second kappa shape index (κ2) is 7.97. The lowest BCUT2D eigenvalue weighted by molar-refractivity contribution is 0.460. The third kappa shape index (κ3) is 3.75. The Morgan fingerprint density at radius 3 is 2.73 bits per heavy atom. The number of nitrogens with one attached hydrogen (secondary N) is 1. The van der Waals surface area contributed by atoms with Gasteiger partial charge in [0.2, 0.25) is 0 Å². The highest BCUT2D eigenvalue weighted by Gasteiger charge is 2.26. The Bertz CT molecular complexity index is 1180. The molecule has 0 unspecified atom stereocenters. The van der Waals surface area contributed by atoms with E-state index in [2.05, 4.69) is 37.3 Å².